The molecule has 0 aromatic carbocycles. The Balaban J connectivity index is 1.65. The van der Waals surface area contributed by atoms with E-state index in [0.29, 0.717) is 5.92 Å². The van der Waals surface area contributed by atoms with Crippen LogP contribution in [0.2, 0.25) is 0 Å². The molecule has 106 valence electrons. The Morgan fingerprint density at radius 1 is 1.35 bits per heavy atom. The van der Waals surface area contributed by atoms with Crippen molar-refractivity contribution in [2.24, 2.45) is 0 Å². The van der Waals surface area contributed by atoms with Crippen molar-refractivity contribution in [3.63, 3.8) is 0 Å². The molecule has 1 N–H and O–H groups in total. The first-order valence-electron chi connectivity index (χ1n) is 6.96. The Morgan fingerprint density at radius 3 is 2.85 bits per heavy atom. The maximum atomic E-state index is 5.47. The SMILES string of the molecule is COc1cc2nnc(NSN3CCC3)n2cc1C1CC1. The number of hydrogen-bond donors (Lipinski definition) is 1. The Hall–Kier alpha value is -1.47. The topological polar surface area (TPSA) is 54.7 Å². The number of fused-ring (bicyclic) bond motifs is 1. The number of pyridine rings is 1. The van der Waals surface area contributed by atoms with Crippen LogP contribution < -0.4 is 9.46 Å². The highest BCUT2D eigenvalue weighted by atomic mass is 32.2. The van der Waals surface area contributed by atoms with E-state index in [4.69, 9.17) is 4.74 Å². The number of methoxy groups -OCH3 is 1. The zero-order valence-corrected chi connectivity index (χ0v) is 12.2. The second-order valence-corrected chi connectivity index (χ2v) is 6.20. The molecule has 20 heavy (non-hydrogen) atoms. The molecule has 2 aromatic heterocycles. The number of nitrogens with one attached hydrogen (secondary N) is 1. The molecular weight excluding hydrogens is 274 g/mol. The number of rotatable bonds is 5. The first-order chi connectivity index (χ1) is 9.85. The molecule has 2 aliphatic rings. The van der Waals surface area contributed by atoms with Crippen LogP contribution in [0.4, 0.5) is 5.95 Å². The van der Waals surface area contributed by atoms with Gasteiger partial charge >= 0.3 is 0 Å². The van der Waals surface area contributed by atoms with Crippen molar-refractivity contribution < 1.29 is 4.74 Å². The van der Waals surface area contributed by atoms with Crippen LogP contribution in [-0.4, -0.2) is 39.1 Å². The minimum absolute atomic E-state index is 0.632. The fraction of sp³-hybridized carbons (Fsp3) is 0.538. The van der Waals surface area contributed by atoms with E-state index in [9.17, 15) is 0 Å². The zero-order chi connectivity index (χ0) is 13.5. The lowest BCUT2D eigenvalue weighted by Gasteiger charge is -2.28. The molecule has 0 bridgehead atoms. The van der Waals surface area contributed by atoms with Crippen LogP contribution in [0.3, 0.4) is 0 Å². The van der Waals surface area contributed by atoms with E-state index in [0.717, 1.165) is 30.4 Å². The van der Waals surface area contributed by atoms with E-state index in [2.05, 4.69) is 25.4 Å². The second kappa shape index (κ2) is 4.82. The summed E-state index contributed by atoms with van der Waals surface area (Å²) in [6, 6.07) is 1.97. The van der Waals surface area contributed by atoms with Gasteiger partial charge in [0.15, 0.2) is 5.65 Å². The third-order valence-corrected chi connectivity index (χ3v) is 4.75. The molecule has 0 amide bonds. The molecule has 0 unspecified atom stereocenters. The fourth-order valence-electron chi connectivity index (χ4n) is 2.36. The van der Waals surface area contributed by atoms with Gasteiger partial charge in [-0.2, -0.15) is 0 Å². The van der Waals surface area contributed by atoms with Gasteiger partial charge in [-0.3, -0.25) is 9.12 Å². The summed E-state index contributed by atoms with van der Waals surface area (Å²) >= 11 is 1.60. The third kappa shape index (κ3) is 2.10. The summed E-state index contributed by atoms with van der Waals surface area (Å²) in [6.07, 6.45) is 5.88. The number of anilines is 1. The lowest BCUT2D eigenvalue weighted by atomic mass is 10.1. The van der Waals surface area contributed by atoms with Crippen molar-refractivity contribution in [3.05, 3.63) is 17.8 Å². The van der Waals surface area contributed by atoms with Crippen molar-refractivity contribution in [2.45, 2.75) is 25.2 Å². The van der Waals surface area contributed by atoms with Crippen molar-refractivity contribution in [2.75, 3.05) is 24.9 Å². The molecule has 1 saturated heterocycles. The van der Waals surface area contributed by atoms with Gasteiger partial charge in [0.25, 0.3) is 0 Å². The molecule has 0 radical (unpaired) electrons. The van der Waals surface area contributed by atoms with Gasteiger partial charge in [0.1, 0.15) is 5.75 Å². The average molecular weight is 291 g/mol. The molecule has 6 nitrogen and oxygen atoms in total. The predicted molar refractivity (Wildman–Crippen MR) is 78.9 cm³/mol. The average Bonchev–Trinajstić information content (AvgIpc) is 3.18. The summed E-state index contributed by atoms with van der Waals surface area (Å²) in [6.45, 7) is 2.27. The first kappa shape index (κ1) is 12.3. The molecule has 1 saturated carbocycles. The molecule has 1 aliphatic heterocycles. The minimum atomic E-state index is 0.632. The maximum absolute atomic E-state index is 5.47. The number of nitrogens with zero attached hydrogens (tertiary/aromatic N) is 4. The summed E-state index contributed by atoms with van der Waals surface area (Å²) in [5, 5.41) is 8.43. The van der Waals surface area contributed by atoms with Gasteiger partial charge < -0.3 is 4.74 Å². The van der Waals surface area contributed by atoms with Crippen LogP contribution in [0, 0.1) is 0 Å². The van der Waals surface area contributed by atoms with Crippen LogP contribution in [0.15, 0.2) is 12.3 Å². The molecule has 2 fully saturated rings. The highest BCUT2D eigenvalue weighted by molar-refractivity contribution is 7.98. The van der Waals surface area contributed by atoms with E-state index in [-0.39, 0.29) is 0 Å². The second-order valence-electron chi connectivity index (χ2n) is 5.30. The van der Waals surface area contributed by atoms with Crippen LogP contribution in [0.5, 0.6) is 5.75 Å². The first-order valence-corrected chi connectivity index (χ1v) is 7.73. The smallest absolute Gasteiger partial charge is 0.240 e. The Bertz CT molecular complexity index is 635. The van der Waals surface area contributed by atoms with Crippen LogP contribution in [0.1, 0.15) is 30.7 Å². The van der Waals surface area contributed by atoms with Gasteiger partial charge in [0, 0.05) is 43.1 Å². The summed E-state index contributed by atoms with van der Waals surface area (Å²) < 4.78 is 13.0. The van der Waals surface area contributed by atoms with Crippen LogP contribution >= 0.6 is 12.1 Å². The van der Waals surface area contributed by atoms with Crippen molar-refractivity contribution in [1.82, 2.24) is 18.9 Å². The van der Waals surface area contributed by atoms with Gasteiger partial charge in [-0.1, -0.05) is 0 Å². The lowest BCUT2D eigenvalue weighted by molar-refractivity contribution is 0.345. The van der Waals surface area contributed by atoms with Crippen molar-refractivity contribution >= 4 is 23.7 Å². The molecule has 4 rings (SSSR count). The summed E-state index contributed by atoms with van der Waals surface area (Å²) in [5.74, 6) is 2.34. The molecule has 3 heterocycles. The summed E-state index contributed by atoms with van der Waals surface area (Å²) in [4.78, 5) is 0. The lowest BCUT2D eigenvalue weighted by Crippen LogP contribution is -2.31. The van der Waals surface area contributed by atoms with Gasteiger partial charge in [-0.15, -0.1) is 10.2 Å². The van der Waals surface area contributed by atoms with E-state index < -0.39 is 0 Å². The Labute approximate surface area is 121 Å². The maximum Gasteiger partial charge on any atom is 0.240 e. The molecule has 1 aliphatic carbocycles. The quantitative estimate of drug-likeness (QED) is 0.853. The third-order valence-electron chi connectivity index (χ3n) is 3.85. The van der Waals surface area contributed by atoms with Crippen molar-refractivity contribution in [1.29, 1.82) is 0 Å². The van der Waals surface area contributed by atoms with Gasteiger partial charge in [-0.25, -0.2) is 4.31 Å². The molecular formula is C13H17N5OS. The number of ether oxygens (including phenoxy) is 1. The number of aromatic nitrogens is 3. The minimum Gasteiger partial charge on any atom is -0.496 e. The summed E-state index contributed by atoms with van der Waals surface area (Å²) in [5.41, 5.74) is 2.08. The van der Waals surface area contributed by atoms with E-state index in [1.165, 1.54) is 24.8 Å². The Kier molecular flexibility index (Phi) is 2.96. The fourth-order valence-corrected chi connectivity index (χ4v) is 3.15. The monoisotopic (exact) mass is 291 g/mol. The molecule has 7 heteroatoms. The highest BCUT2D eigenvalue weighted by Crippen LogP contribution is 2.44. The standard InChI is InChI=1S/C13H17N5OS/c1-19-11-7-12-14-15-13(16-20-17-5-2-6-17)18(12)8-10(11)9-3-4-9/h7-9H,2-6H2,1H3,(H,15,16). The molecule has 0 atom stereocenters. The summed E-state index contributed by atoms with van der Waals surface area (Å²) in [7, 11) is 1.72. The predicted octanol–water partition coefficient (Wildman–Crippen LogP) is 2.30. The van der Waals surface area contributed by atoms with E-state index >= 15 is 0 Å². The van der Waals surface area contributed by atoms with Gasteiger partial charge in [0.2, 0.25) is 5.95 Å². The molecule has 2 aromatic rings. The largest absolute Gasteiger partial charge is 0.496 e. The van der Waals surface area contributed by atoms with E-state index in [1.54, 1.807) is 19.2 Å². The molecule has 0 spiro atoms. The number of hydrogen-bond acceptors (Lipinski definition) is 6. The zero-order valence-electron chi connectivity index (χ0n) is 11.4. The van der Waals surface area contributed by atoms with Crippen LogP contribution in [-0.2, 0) is 0 Å². The normalized spacial score (nSPS) is 19.1. The van der Waals surface area contributed by atoms with Crippen molar-refractivity contribution in [3.8, 4) is 5.75 Å². The van der Waals surface area contributed by atoms with Gasteiger partial charge in [-0.05, 0) is 25.2 Å². The van der Waals surface area contributed by atoms with Crippen LogP contribution in [0.25, 0.3) is 5.65 Å². The van der Waals surface area contributed by atoms with Gasteiger partial charge in [0.05, 0.1) is 7.11 Å². The van der Waals surface area contributed by atoms with E-state index in [1.807, 2.05) is 10.5 Å². The highest BCUT2D eigenvalue weighted by Gasteiger charge is 2.28. The Morgan fingerprint density at radius 2 is 2.20 bits per heavy atom.